The van der Waals surface area contributed by atoms with Gasteiger partial charge in [-0.25, -0.2) is 0 Å². The van der Waals surface area contributed by atoms with E-state index in [9.17, 15) is 0 Å². The van der Waals surface area contributed by atoms with E-state index in [1.54, 1.807) is 11.3 Å². The number of pyridine rings is 1. The second-order valence-corrected chi connectivity index (χ2v) is 5.04. The predicted octanol–water partition coefficient (Wildman–Crippen LogP) is 2.17. The molecule has 16 heavy (non-hydrogen) atoms. The molecule has 84 valence electrons. The summed E-state index contributed by atoms with van der Waals surface area (Å²) < 4.78 is 6.59. The summed E-state index contributed by atoms with van der Waals surface area (Å²) in [6.07, 6.45) is 3.08. The van der Waals surface area contributed by atoms with Crippen molar-refractivity contribution < 1.29 is 4.74 Å². The Morgan fingerprint density at radius 3 is 3.44 bits per heavy atom. The summed E-state index contributed by atoms with van der Waals surface area (Å²) in [6, 6.07) is 4.79. The van der Waals surface area contributed by atoms with E-state index in [2.05, 4.69) is 27.8 Å². The van der Waals surface area contributed by atoms with Crippen molar-refractivity contribution in [2.24, 2.45) is 0 Å². The Bertz CT molecular complexity index is 477. The first-order chi connectivity index (χ1) is 7.92. The van der Waals surface area contributed by atoms with Crippen LogP contribution in [-0.2, 0) is 11.3 Å². The average Bonchev–Trinajstić information content (AvgIpc) is 2.97. The van der Waals surface area contributed by atoms with E-state index in [0.717, 1.165) is 31.7 Å². The Morgan fingerprint density at radius 2 is 2.56 bits per heavy atom. The molecule has 0 amide bonds. The minimum Gasteiger partial charge on any atom is -0.380 e. The lowest BCUT2D eigenvalue weighted by molar-refractivity contribution is 0.190. The molecule has 3 heterocycles. The molecule has 2 aromatic rings. The number of hydrogen-bond acceptors (Lipinski definition) is 4. The van der Waals surface area contributed by atoms with Gasteiger partial charge >= 0.3 is 0 Å². The van der Waals surface area contributed by atoms with E-state index in [1.807, 2.05) is 6.20 Å². The Balaban J connectivity index is 1.68. The second-order valence-electron chi connectivity index (χ2n) is 4.09. The number of ether oxygens (including phenoxy) is 1. The number of fused-ring (bicyclic) bond motifs is 1. The molecule has 3 nitrogen and oxygen atoms in total. The van der Waals surface area contributed by atoms with Crippen LogP contribution in [0.4, 0.5) is 0 Å². The number of nitrogens with one attached hydrogen (secondary N) is 1. The molecule has 1 aliphatic rings. The first-order valence-corrected chi connectivity index (χ1v) is 6.43. The maximum atomic E-state index is 5.33. The minimum atomic E-state index is 0.513. The van der Waals surface area contributed by atoms with Crippen LogP contribution in [0.3, 0.4) is 0 Å². The molecule has 1 saturated heterocycles. The average molecular weight is 234 g/mol. The number of rotatable bonds is 3. The molecule has 1 aliphatic heterocycles. The van der Waals surface area contributed by atoms with Gasteiger partial charge in [-0.05, 0) is 29.5 Å². The van der Waals surface area contributed by atoms with Gasteiger partial charge in [-0.3, -0.25) is 4.98 Å². The van der Waals surface area contributed by atoms with Crippen LogP contribution in [0.2, 0.25) is 0 Å². The molecule has 0 bridgehead atoms. The minimum absolute atomic E-state index is 0.513. The molecule has 1 fully saturated rings. The molecule has 1 N–H and O–H groups in total. The molecular formula is C12H14N2OS. The van der Waals surface area contributed by atoms with Crippen LogP contribution >= 0.6 is 11.3 Å². The normalized spacial score (nSPS) is 20.6. The van der Waals surface area contributed by atoms with E-state index >= 15 is 0 Å². The predicted molar refractivity (Wildman–Crippen MR) is 65.7 cm³/mol. The first kappa shape index (κ1) is 10.2. The Morgan fingerprint density at radius 1 is 1.56 bits per heavy atom. The van der Waals surface area contributed by atoms with E-state index < -0.39 is 0 Å². The summed E-state index contributed by atoms with van der Waals surface area (Å²) in [4.78, 5) is 4.43. The summed E-state index contributed by atoms with van der Waals surface area (Å²) in [5.74, 6) is 0. The van der Waals surface area contributed by atoms with E-state index in [1.165, 1.54) is 10.3 Å². The smallest absolute Gasteiger partial charge is 0.0809 e. The van der Waals surface area contributed by atoms with Crippen LogP contribution in [0.25, 0.3) is 10.2 Å². The Kier molecular flexibility index (Phi) is 2.86. The lowest BCUT2D eigenvalue weighted by Gasteiger charge is -2.09. The van der Waals surface area contributed by atoms with Crippen molar-refractivity contribution in [3.63, 3.8) is 0 Å². The summed E-state index contributed by atoms with van der Waals surface area (Å²) >= 11 is 1.74. The van der Waals surface area contributed by atoms with Crippen molar-refractivity contribution in [2.45, 2.75) is 19.0 Å². The van der Waals surface area contributed by atoms with E-state index in [0.29, 0.717) is 6.04 Å². The van der Waals surface area contributed by atoms with Gasteiger partial charge in [-0.1, -0.05) is 0 Å². The van der Waals surface area contributed by atoms with E-state index in [4.69, 9.17) is 4.74 Å². The van der Waals surface area contributed by atoms with Gasteiger partial charge in [0.2, 0.25) is 0 Å². The molecule has 0 aliphatic carbocycles. The van der Waals surface area contributed by atoms with Gasteiger partial charge in [0, 0.05) is 25.4 Å². The fourth-order valence-corrected chi connectivity index (χ4v) is 2.75. The standard InChI is InChI=1S/C12H14N2OS/c1-3-15-8-10(1)13-6-9-5-12-11(14-7-9)2-4-16-12/h2,4-5,7,10,13H,1,3,6,8H2. The summed E-state index contributed by atoms with van der Waals surface area (Å²) in [5, 5.41) is 5.58. The topological polar surface area (TPSA) is 34.2 Å². The lowest BCUT2D eigenvalue weighted by atomic mass is 10.2. The molecule has 0 saturated carbocycles. The van der Waals surface area contributed by atoms with Gasteiger partial charge in [0.05, 0.1) is 16.8 Å². The van der Waals surface area contributed by atoms with E-state index in [-0.39, 0.29) is 0 Å². The van der Waals surface area contributed by atoms with Gasteiger partial charge in [0.25, 0.3) is 0 Å². The van der Waals surface area contributed by atoms with Crippen molar-refractivity contribution in [1.29, 1.82) is 0 Å². The second kappa shape index (κ2) is 4.49. The summed E-state index contributed by atoms with van der Waals surface area (Å²) in [7, 11) is 0. The van der Waals surface area contributed by atoms with Crippen molar-refractivity contribution >= 4 is 21.6 Å². The molecule has 2 aromatic heterocycles. The molecular weight excluding hydrogens is 220 g/mol. The highest BCUT2D eigenvalue weighted by Crippen LogP contribution is 2.19. The van der Waals surface area contributed by atoms with Crippen molar-refractivity contribution in [3.05, 3.63) is 29.3 Å². The number of aromatic nitrogens is 1. The number of thiophene rings is 1. The van der Waals surface area contributed by atoms with Gasteiger partial charge in [0.1, 0.15) is 0 Å². The van der Waals surface area contributed by atoms with Crippen LogP contribution in [0.1, 0.15) is 12.0 Å². The molecule has 0 aromatic carbocycles. The van der Waals surface area contributed by atoms with Gasteiger partial charge in [0.15, 0.2) is 0 Å². The third kappa shape index (κ3) is 2.09. The van der Waals surface area contributed by atoms with Crippen molar-refractivity contribution in [1.82, 2.24) is 10.3 Å². The van der Waals surface area contributed by atoms with Crippen molar-refractivity contribution in [3.8, 4) is 0 Å². The molecule has 1 unspecified atom stereocenters. The fraction of sp³-hybridized carbons (Fsp3) is 0.417. The fourth-order valence-electron chi connectivity index (χ4n) is 1.94. The third-order valence-corrected chi connectivity index (χ3v) is 3.74. The largest absolute Gasteiger partial charge is 0.380 e. The highest BCUT2D eigenvalue weighted by molar-refractivity contribution is 7.17. The Labute approximate surface area is 98.5 Å². The monoisotopic (exact) mass is 234 g/mol. The molecule has 1 atom stereocenters. The lowest BCUT2D eigenvalue weighted by Crippen LogP contribution is -2.28. The van der Waals surface area contributed by atoms with Crippen LogP contribution in [0, 0.1) is 0 Å². The van der Waals surface area contributed by atoms with Gasteiger partial charge in [-0.2, -0.15) is 0 Å². The SMILES string of the molecule is c1cc2ncc(CNC3CCOC3)cc2s1. The van der Waals surface area contributed by atoms with Gasteiger partial charge in [-0.15, -0.1) is 11.3 Å². The molecule has 3 rings (SSSR count). The van der Waals surface area contributed by atoms with Crippen molar-refractivity contribution in [2.75, 3.05) is 13.2 Å². The van der Waals surface area contributed by atoms with Crippen LogP contribution in [0.15, 0.2) is 23.7 Å². The maximum absolute atomic E-state index is 5.33. The van der Waals surface area contributed by atoms with Crippen LogP contribution in [-0.4, -0.2) is 24.2 Å². The number of hydrogen-bond donors (Lipinski definition) is 1. The number of nitrogens with zero attached hydrogens (tertiary/aromatic N) is 1. The Hall–Kier alpha value is -0.970. The third-order valence-electron chi connectivity index (χ3n) is 2.88. The first-order valence-electron chi connectivity index (χ1n) is 5.55. The highest BCUT2D eigenvalue weighted by Gasteiger charge is 2.14. The summed E-state index contributed by atoms with van der Waals surface area (Å²) in [5.41, 5.74) is 2.35. The van der Waals surface area contributed by atoms with Gasteiger partial charge < -0.3 is 10.1 Å². The zero-order valence-corrected chi connectivity index (χ0v) is 9.80. The zero-order chi connectivity index (χ0) is 10.8. The summed E-state index contributed by atoms with van der Waals surface area (Å²) in [6.45, 7) is 2.61. The molecule has 4 heteroatoms. The molecule has 0 spiro atoms. The zero-order valence-electron chi connectivity index (χ0n) is 8.98. The highest BCUT2D eigenvalue weighted by atomic mass is 32.1. The van der Waals surface area contributed by atoms with Crippen LogP contribution < -0.4 is 5.32 Å². The van der Waals surface area contributed by atoms with Crippen LogP contribution in [0.5, 0.6) is 0 Å². The maximum Gasteiger partial charge on any atom is 0.0809 e. The quantitative estimate of drug-likeness (QED) is 0.884. The molecule has 0 radical (unpaired) electrons.